The van der Waals surface area contributed by atoms with Gasteiger partial charge in [0, 0.05) is 24.8 Å². The Morgan fingerprint density at radius 1 is 0.316 bits per heavy atom. The van der Waals surface area contributed by atoms with Crippen LogP contribution in [0, 0.1) is 13.8 Å². The third-order valence-electron chi connectivity index (χ3n) is 12.6. The molecule has 0 bridgehead atoms. The third-order valence-corrected chi connectivity index (χ3v) is 12.6. The molecule has 1 nitrogen and oxygen atoms in total. The smallest absolute Gasteiger partial charge is 0.0444 e. The zero-order valence-electron chi connectivity index (χ0n) is 32.5. The third kappa shape index (κ3) is 5.30. The number of fused-ring (bicyclic) bond motifs is 6. The second-order valence-corrected chi connectivity index (χ2v) is 15.8. The predicted octanol–water partition coefficient (Wildman–Crippen LogP) is 15.3. The van der Waals surface area contributed by atoms with Crippen LogP contribution < -0.4 is 4.90 Å². The molecule has 0 aromatic heterocycles. The standard InChI is InChI=1S/C56H41N/c1-35-45-18-4-8-22-49(45)55(50-23-9-5-19-46(35)50)41-16-12-14-37(30-41)39-26-28-53-43(32-39)34-44-33-40(27-29-54(44)57(53)3)38-15-13-17-42(31-38)56-51-24-10-6-20-47(51)36(2)48-21-7-11-25-52(48)56/h4-33H,34H2,1-3H3. The van der Waals surface area contributed by atoms with Crippen LogP contribution >= 0.6 is 0 Å². The van der Waals surface area contributed by atoms with Crippen LogP contribution in [-0.2, 0) is 6.42 Å². The maximum atomic E-state index is 2.42. The van der Waals surface area contributed by atoms with Gasteiger partial charge in [-0.25, -0.2) is 0 Å². The Bertz CT molecular complexity index is 2930. The molecule has 0 atom stereocenters. The molecule has 0 saturated heterocycles. The molecule has 1 heteroatoms. The van der Waals surface area contributed by atoms with Crippen LogP contribution in [0.2, 0.25) is 0 Å². The summed E-state index contributed by atoms with van der Waals surface area (Å²) in [5, 5.41) is 10.5. The zero-order valence-corrected chi connectivity index (χ0v) is 32.5. The first-order valence-corrected chi connectivity index (χ1v) is 20.0. The van der Waals surface area contributed by atoms with E-state index in [1.807, 2.05) is 0 Å². The van der Waals surface area contributed by atoms with Gasteiger partial charge in [-0.05, 0) is 160 Å². The summed E-state index contributed by atoms with van der Waals surface area (Å²) in [5.41, 5.74) is 18.0. The molecule has 1 aliphatic rings. The van der Waals surface area contributed by atoms with E-state index in [0.29, 0.717) is 0 Å². The van der Waals surface area contributed by atoms with Crippen molar-refractivity contribution in [3.8, 4) is 44.5 Å². The van der Waals surface area contributed by atoms with Crippen LogP contribution in [0.1, 0.15) is 22.3 Å². The van der Waals surface area contributed by atoms with E-state index in [2.05, 4.69) is 208 Å². The van der Waals surface area contributed by atoms with E-state index < -0.39 is 0 Å². The molecule has 10 aromatic rings. The number of hydrogen-bond donors (Lipinski definition) is 0. The van der Waals surface area contributed by atoms with Gasteiger partial charge in [-0.15, -0.1) is 0 Å². The lowest BCUT2D eigenvalue weighted by Crippen LogP contribution is -2.18. The van der Waals surface area contributed by atoms with Crippen LogP contribution in [0.25, 0.3) is 87.6 Å². The molecule has 0 unspecified atom stereocenters. The molecule has 11 rings (SSSR count). The van der Waals surface area contributed by atoms with Gasteiger partial charge in [0.05, 0.1) is 0 Å². The van der Waals surface area contributed by atoms with Crippen molar-refractivity contribution in [3.63, 3.8) is 0 Å². The second kappa shape index (κ2) is 13.1. The van der Waals surface area contributed by atoms with Gasteiger partial charge in [0.15, 0.2) is 0 Å². The zero-order chi connectivity index (χ0) is 38.2. The monoisotopic (exact) mass is 727 g/mol. The number of benzene rings is 10. The normalized spacial score (nSPS) is 12.4. The Balaban J connectivity index is 0.970. The predicted molar refractivity (Wildman–Crippen MR) is 245 cm³/mol. The number of aryl methyl sites for hydroxylation is 2. The molecule has 10 aromatic carbocycles. The van der Waals surface area contributed by atoms with Crippen LogP contribution in [0.3, 0.4) is 0 Å². The highest BCUT2D eigenvalue weighted by Crippen LogP contribution is 2.44. The number of hydrogen-bond acceptors (Lipinski definition) is 1. The topological polar surface area (TPSA) is 3.24 Å². The molecule has 0 amide bonds. The summed E-state index contributed by atoms with van der Waals surface area (Å²) in [6.45, 7) is 4.50. The minimum absolute atomic E-state index is 0.885. The molecule has 0 radical (unpaired) electrons. The van der Waals surface area contributed by atoms with Gasteiger partial charge < -0.3 is 4.90 Å². The lowest BCUT2D eigenvalue weighted by molar-refractivity contribution is 1.06. The number of rotatable bonds is 4. The van der Waals surface area contributed by atoms with Gasteiger partial charge in [-0.1, -0.05) is 146 Å². The molecule has 0 saturated carbocycles. The molecule has 0 N–H and O–H groups in total. The van der Waals surface area contributed by atoms with Crippen molar-refractivity contribution >= 4 is 54.5 Å². The van der Waals surface area contributed by atoms with Crippen molar-refractivity contribution in [3.05, 3.63) is 204 Å². The highest BCUT2D eigenvalue weighted by Gasteiger charge is 2.22. The average Bonchev–Trinajstić information content (AvgIpc) is 3.27. The highest BCUT2D eigenvalue weighted by molar-refractivity contribution is 6.16. The second-order valence-electron chi connectivity index (χ2n) is 15.8. The SMILES string of the molecule is Cc1c2ccccc2c(-c2cccc(-c3ccc4c(c3)Cc3cc(-c5cccc(-c6c7ccccc7c(C)c7ccccc67)c5)ccc3N4C)c2)c2ccccc12. The Morgan fingerprint density at radius 2 is 0.632 bits per heavy atom. The molecule has 270 valence electrons. The summed E-state index contributed by atoms with van der Waals surface area (Å²) in [7, 11) is 2.21. The molecule has 0 aliphatic carbocycles. The quantitative estimate of drug-likeness (QED) is 0.163. The first-order chi connectivity index (χ1) is 28.0. The number of nitrogens with zero attached hydrogens (tertiary/aromatic N) is 1. The minimum atomic E-state index is 0.885. The van der Waals surface area contributed by atoms with Crippen LogP contribution in [-0.4, -0.2) is 7.05 Å². The van der Waals surface area contributed by atoms with Gasteiger partial charge >= 0.3 is 0 Å². The number of anilines is 2. The fourth-order valence-corrected chi connectivity index (χ4v) is 9.83. The molecule has 0 spiro atoms. The average molecular weight is 728 g/mol. The summed E-state index contributed by atoms with van der Waals surface area (Å²) in [6.07, 6.45) is 0.885. The van der Waals surface area contributed by atoms with Crippen LogP contribution in [0.15, 0.2) is 182 Å². The van der Waals surface area contributed by atoms with E-state index in [1.165, 1.54) is 121 Å². The van der Waals surface area contributed by atoms with Gasteiger partial charge in [0.2, 0.25) is 0 Å². The molecule has 1 heterocycles. The lowest BCUT2D eigenvalue weighted by atomic mass is 9.87. The lowest BCUT2D eigenvalue weighted by Gasteiger charge is -2.31. The van der Waals surface area contributed by atoms with Crippen molar-refractivity contribution in [1.29, 1.82) is 0 Å². The van der Waals surface area contributed by atoms with Gasteiger partial charge in [0.1, 0.15) is 0 Å². The first-order valence-electron chi connectivity index (χ1n) is 20.0. The maximum absolute atomic E-state index is 2.42. The molecule has 1 aliphatic heterocycles. The van der Waals surface area contributed by atoms with Gasteiger partial charge in [-0.3, -0.25) is 0 Å². The van der Waals surface area contributed by atoms with Crippen molar-refractivity contribution in [2.45, 2.75) is 20.3 Å². The molecular weight excluding hydrogens is 687 g/mol. The summed E-state index contributed by atoms with van der Waals surface area (Å²) < 4.78 is 0. The molecule has 57 heavy (non-hydrogen) atoms. The Hall–Kier alpha value is -6.96. The van der Waals surface area contributed by atoms with Crippen molar-refractivity contribution < 1.29 is 0 Å². The Kier molecular flexibility index (Phi) is 7.66. The summed E-state index contributed by atoms with van der Waals surface area (Å²) in [6, 6.07) is 67.8. The Morgan fingerprint density at radius 3 is 1.00 bits per heavy atom. The maximum Gasteiger partial charge on any atom is 0.0444 e. The molecular formula is C56H41N. The van der Waals surface area contributed by atoms with E-state index >= 15 is 0 Å². The van der Waals surface area contributed by atoms with Gasteiger partial charge in [-0.2, -0.15) is 0 Å². The first kappa shape index (κ1) is 33.4. The van der Waals surface area contributed by atoms with E-state index in [4.69, 9.17) is 0 Å². The van der Waals surface area contributed by atoms with Crippen molar-refractivity contribution in [2.24, 2.45) is 0 Å². The summed E-state index contributed by atoms with van der Waals surface area (Å²) in [4.78, 5) is 2.36. The summed E-state index contributed by atoms with van der Waals surface area (Å²) >= 11 is 0. The van der Waals surface area contributed by atoms with Crippen molar-refractivity contribution in [2.75, 3.05) is 11.9 Å². The largest absolute Gasteiger partial charge is 0.344 e. The van der Waals surface area contributed by atoms with E-state index in [1.54, 1.807) is 0 Å². The molecule has 0 fully saturated rings. The fraction of sp³-hybridized carbons (Fsp3) is 0.0714. The van der Waals surface area contributed by atoms with Crippen LogP contribution in [0.5, 0.6) is 0 Å². The fourth-order valence-electron chi connectivity index (χ4n) is 9.83. The van der Waals surface area contributed by atoms with Gasteiger partial charge in [0.25, 0.3) is 0 Å². The minimum Gasteiger partial charge on any atom is -0.344 e. The summed E-state index contributed by atoms with van der Waals surface area (Å²) in [5.74, 6) is 0. The van der Waals surface area contributed by atoms with Crippen LogP contribution in [0.4, 0.5) is 11.4 Å². The van der Waals surface area contributed by atoms with E-state index in [9.17, 15) is 0 Å². The van der Waals surface area contributed by atoms with Crippen molar-refractivity contribution in [1.82, 2.24) is 0 Å². The highest BCUT2D eigenvalue weighted by atomic mass is 15.1. The van der Waals surface area contributed by atoms with E-state index in [-0.39, 0.29) is 0 Å². The Labute approximate surface area is 334 Å². The van der Waals surface area contributed by atoms with E-state index in [0.717, 1.165) is 6.42 Å².